The average molecular weight is 117 g/mol. The van der Waals surface area contributed by atoms with Crippen molar-refractivity contribution in [1.29, 1.82) is 0 Å². The van der Waals surface area contributed by atoms with Crippen LogP contribution in [0.1, 0.15) is 5.69 Å². The zero-order valence-corrected chi connectivity index (χ0v) is 4.78. The van der Waals surface area contributed by atoms with Crippen LogP contribution in [0.2, 0.25) is 0 Å². The maximum absolute atomic E-state index is 4.08. The fourth-order valence-electron chi connectivity index (χ4n) is 0.835. The van der Waals surface area contributed by atoms with E-state index in [0.29, 0.717) is 0 Å². The minimum Gasteiger partial charge on any atom is -0.255 e. The number of hydrogen-bond donors (Lipinski definition) is 0. The van der Waals surface area contributed by atoms with Gasteiger partial charge in [0.05, 0.1) is 11.4 Å². The summed E-state index contributed by atoms with van der Waals surface area (Å²) < 4.78 is 0. The van der Waals surface area contributed by atoms with Crippen molar-refractivity contribution in [1.82, 2.24) is 10.3 Å². The molecular weight excluding hydrogens is 112 g/mol. The highest BCUT2D eigenvalue weighted by molar-refractivity contribution is 5.64. The Bertz CT molecular complexity index is 253. The lowest BCUT2D eigenvalue weighted by Gasteiger charge is -1.91. The normalized spacial score (nSPS) is 12.9. The lowest BCUT2D eigenvalue weighted by molar-refractivity contribution is 1.18. The van der Waals surface area contributed by atoms with Crippen molar-refractivity contribution in [3.05, 3.63) is 30.2 Å². The molecule has 0 saturated heterocycles. The van der Waals surface area contributed by atoms with E-state index in [9.17, 15) is 0 Å². The van der Waals surface area contributed by atoms with Gasteiger partial charge in [-0.2, -0.15) is 0 Å². The third-order valence-corrected chi connectivity index (χ3v) is 1.26. The van der Waals surface area contributed by atoms with E-state index in [-0.39, 0.29) is 0 Å². The van der Waals surface area contributed by atoms with Crippen LogP contribution in [0.4, 0.5) is 5.69 Å². The first kappa shape index (κ1) is 4.56. The second-order valence-corrected chi connectivity index (χ2v) is 1.85. The molecule has 1 radical (unpaired) electrons. The molecule has 0 bridgehead atoms. The largest absolute Gasteiger partial charge is 0.255 e. The smallest absolute Gasteiger partial charge is 0.0901 e. The van der Waals surface area contributed by atoms with Crippen molar-refractivity contribution in [2.45, 2.75) is 0 Å². The molecule has 0 fully saturated rings. The molecule has 2 rings (SSSR count). The number of pyridine rings is 1. The number of aromatic nitrogens is 1. The van der Waals surface area contributed by atoms with Gasteiger partial charge in [-0.25, -0.2) is 0 Å². The molecule has 2 heteroatoms. The fraction of sp³-hybridized carbons (Fsp3) is 0. The van der Waals surface area contributed by atoms with Gasteiger partial charge >= 0.3 is 0 Å². The Labute approximate surface area is 53.2 Å². The summed E-state index contributed by atoms with van der Waals surface area (Å²) in [6, 6.07) is 3.83. The second kappa shape index (κ2) is 1.58. The van der Waals surface area contributed by atoms with Crippen LogP contribution < -0.4 is 5.32 Å². The number of nitrogens with zero attached hydrogens (tertiary/aromatic N) is 2. The Kier molecular flexibility index (Phi) is 0.803. The summed E-state index contributed by atoms with van der Waals surface area (Å²) >= 11 is 0. The van der Waals surface area contributed by atoms with Crippen LogP contribution in [-0.2, 0) is 0 Å². The van der Waals surface area contributed by atoms with Gasteiger partial charge in [0.25, 0.3) is 0 Å². The first-order valence-corrected chi connectivity index (χ1v) is 2.79. The van der Waals surface area contributed by atoms with E-state index in [4.69, 9.17) is 0 Å². The zero-order valence-electron chi connectivity index (χ0n) is 4.78. The van der Waals surface area contributed by atoms with E-state index in [1.807, 2.05) is 18.2 Å². The van der Waals surface area contributed by atoms with Gasteiger partial charge in [-0.15, -0.1) is 0 Å². The number of fused-ring (bicyclic) bond motifs is 1. The summed E-state index contributed by atoms with van der Waals surface area (Å²) in [7, 11) is 0. The monoisotopic (exact) mass is 117 g/mol. The first-order valence-electron chi connectivity index (χ1n) is 2.79. The SMILES string of the molecule is C1=Cc2ncccc2[N]1. The molecule has 0 N–H and O–H groups in total. The second-order valence-electron chi connectivity index (χ2n) is 1.85. The molecule has 2 nitrogen and oxygen atoms in total. The molecule has 1 aliphatic rings. The maximum Gasteiger partial charge on any atom is 0.0901 e. The minimum atomic E-state index is 0.970. The fourth-order valence-corrected chi connectivity index (χ4v) is 0.835. The van der Waals surface area contributed by atoms with Crippen molar-refractivity contribution in [3.63, 3.8) is 0 Å². The topological polar surface area (TPSA) is 27.0 Å². The van der Waals surface area contributed by atoms with Crippen LogP contribution >= 0.6 is 0 Å². The lowest BCUT2D eigenvalue weighted by Crippen LogP contribution is -1.82. The average Bonchev–Trinajstić information content (AvgIpc) is 2.33. The van der Waals surface area contributed by atoms with Crippen molar-refractivity contribution >= 4 is 11.8 Å². The van der Waals surface area contributed by atoms with Crippen LogP contribution in [0, 0.1) is 0 Å². The summed E-state index contributed by atoms with van der Waals surface area (Å²) in [4.78, 5) is 4.08. The summed E-state index contributed by atoms with van der Waals surface area (Å²) in [5.74, 6) is 0. The van der Waals surface area contributed by atoms with Crippen molar-refractivity contribution in [2.75, 3.05) is 0 Å². The number of rotatable bonds is 0. The summed E-state index contributed by atoms with van der Waals surface area (Å²) in [5, 5.41) is 4.06. The Morgan fingerprint density at radius 1 is 1.33 bits per heavy atom. The first-order chi connectivity index (χ1) is 4.47. The van der Waals surface area contributed by atoms with Crippen LogP contribution in [0.25, 0.3) is 6.08 Å². The van der Waals surface area contributed by atoms with Gasteiger partial charge in [0.2, 0.25) is 0 Å². The van der Waals surface area contributed by atoms with Gasteiger partial charge in [-0.3, -0.25) is 10.3 Å². The highest BCUT2D eigenvalue weighted by atomic mass is 14.9. The molecule has 0 saturated carbocycles. The Morgan fingerprint density at radius 3 is 3.22 bits per heavy atom. The van der Waals surface area contributed by atoms with Gasteiger partial charge in [0.1, 0.15) is 0 Å². The Balaban J connectivity index is 2.63. The van der Waals surface area contributed by atoms with E-state index < -0.39 is 0 Å². The van der Waals surface area contributed by atoms with Crippen LogP contribution in [0.15, 0.2) is 24.5 Å². The van der Waals surface area contributed by atoms with Gasteiger partial charge in [-0.05, 0) is 18.2 Å². The summed E-state index contributed by atoms with van der Waals surface area (Å²) in [6.07, 6.45) is 5.43. The van der Waals surface area contributed by atoms with Crippen LogP contribution in [0.5, 0.6) is 0 Å². The van der Waals surface area contributed by atoms with Gasteiger partial charge in [0.15, 0.2) is 0 Å². The van der Waals surface area contributed by atoms with Crippen molar-refractivity contribution in [3.8, 4) is 0 Å². The molecule has 9 heavy (non-hydrogen) atoms. The predicted octanol–water partition coefficient (Wildman–Crippen LogP) is 1.30. The van der Waals surface area contributed by atoms with E-state index in [1.54, 1.807) is 12.4 Å². The zero-order chi connectivity index (χ0) is 6.10. The molecule has 1 aromatic heterocycles. The molecule has 0 amide bonds. The Morgan fingerprint density at radius 2 is 2.33 bits per heavy atom. The summed E-state index contributed by atoms with van der Waals surface area (Å²) in [5.41, 5.74) is 1.94. The third kappa shape index (κ3) is 0.598. The predicted molar refractivity (Wildman–Crippen MR) is 35.1 cm³/mol. The highest BCUT2D eigenvalue weighted by Gasteiger charge is 2.03. The van der Waals surface area contributed by atoms with Gasteiger partial charge in [0, 0.05) is 12.4 Å². The quantitative estimate of drug-likeness (QED) is 0.503. The summed E-state index contributed by atoms with van der Waals surface area (Å²) in [6.45, 7) is 0. The molecule has 1 aromatic rings. The molecule has 0 aliphatic carbocycles. The minimum absolute atomic E-state index is 0.970. The Hall–Kier alpha value is -1.31. The molecule has 2 heterocycles. The van der Waals surface area contributed by atoms with Crippen LogP contribution in [-0.4, -0.2) is 4.98 Å². The van der Waals surface area contributed by atoms with Gasteiger partial charge in [-0.1, -0.05) is 0 Å². The molecule has 0 atom stereocenters. The van der Waals surface area contributed by atoms with Crippen LogP contribution in [0.3, 0.4) is 0 Å². The van der Waals surface area contributed by atoms with E-state index in [2.05, 4.69) is 10.3 Å². The van der Waals surface area contributed by atoms with E-state index in [0.717, 1.165) is 11.4 Å². The molecule has 43 valence electrons. The maximum atomic E-state index is 4.08. The standard InChI is InChI=1S/C7H5N2/c1-2-6-7(8-4-1)3-5-9-6/h1-5H. The number of hydrogen-bond acceptors (Lipinski definition) is 1. The highest BCUT2D eigenvalue weighted by Crippen LogP contribution is 2.18. The molecule has 0 spiro atoms. The van der Waals surface area contributed by atoms with Crippen molar-refractivity contribution in [2.24, 2.45) is 0 Å². The molecular formula is C7H5N2. The van der Waals surface area contributed by atoms with E-state index in [1.165, 1.54) is 0 Å². The molecule has 1 aliphatic heterocycles. The molecule has 0 unspecified atom stereocenters. The lowest BCUT2D eigenvalue weighted by atomic mass is 10.3. The van der Waals surface area contributed by atoms with E-state index >= 15 is 0 Å². The molecule has 0 aromatic carbocycles. The van der Waals surface area contributed by atoms with Gasteiger partial charge < -0.3 is 0 Å². The third-order valence-electron chi connectivity index (χ3n) is 1.26. The van der Waals surface area contributed by atoms with Crippen molar-refractivity contribution < 1.29 is 0 Å².